The number of hydrogen-bond acceptors (Lipinski definition) is 1. The average molecular weight is 387 g/mol. The van der Waals surface area contributed by atoms with Gasteiger partial charge in [0.05, 0.1) is 0 Å². The fourth-order valence-electron chi connectivity index (χ4n) is 0.716. The molecule has 0 unspecified atom stereocenters. The molecule has 0 heterocycles. The van der Waals surface area contributed by atoms with Crippen molar-refractivity contribution in [1.29, 1.82) is 0 Å². The van der Waals surface area contributed by atoms with E-state index in [1.165, 1.54) is 0 Å². The maximum absolute atomic E-state index is 5.85. The summed E-state index contributed by atoms with van der Waals surface area (Å²) in [4.78, 5) is 0. The monoisotopic (exact) mass is 386 g/mol. The molecule has 0 radical (unpaired) electrons. The number of methoxy groups -OCH3 is 1. The third-order valence-corrected chi connectivity index (χ3v) is 7.27. The fourth-order valence-corrected chi connectivity index (χ4v) is 4.21. The van der Waals surface area contributed by atoms with Crippen molar-refractivity contribution in [3.63, 3.8) is 0 Å². The summed E-state index contributed by atoms with van der Waals surface area (Å²) in [6.45, 7) is 0. The van der Waals surface area contributed by atoms with Crippen LogP contribution in [0.1, 0.15) is 0 Å². The third-order valence-electron chi connectivity index (χ3n) is 1.25. The van der Waals surface area contributed by atoms with Crippen molar-refractivity contribution in [3.05, 3.63) is 24.3 Å². The van der Waals surface area contributed by atoms with Crippen LogP contribution in [0.2, 0.25) is 0 Å². The molecule has 1 rings (SSSR count). The van der Waals surface area contributed by atoms with E-state index in [9.17, 15) is 0 Å². The van der Waals surface area contributed by atoms with Gasteiger partial charge in [0, 0.05) is 0 Å². The predicted molar refractivity (Wildman–Crippen MR) is 50.1 cm³/mol. The van der Waals surface area contributed by atoms with Gasteiger partial charge in [0.1, 0.15) is 0 Å². The van der Waals surface area contributed by atoms with Gasteiger partial charge in [0.25, 0.3) is 0 Å². The van der Waals surface area contributed by atoms with Gasteiger partial charge in [-0.1, -0.05) is 0 Å². The minimum atomic E-state index is -2.28. The molecular weight excluding hydrogens is 380 g/mol. The van der Waals surface area contributed by atoms with Gasteiger partial charge in [0.15, 0.2) is 0 Å². The zero-order valence-electron chi connectivity index (χ0n) is 5.92. The second-order valence-electron chi connectivity index (χ2n) is 1.93. The summed E-state index contributed by atoms with van der Waals surface area (Å²) in [6.07, 6.45) is 0. The second-order valence-corrected chi connectivity index (χ2v) is 13.2. The van der Waals surface area contributed by atoms with E-state index in [0.717, 1.165) is 9.02 Å². The van der Waals surface area contributed by atoms with Crippen LogP contribution in [0.25, 0.3) is 0 Å². The molecule has 0 atom stereocenters. The van der Waals surface area contributed by atoms with E-state index < -0.39 is 19.4 Å². The van der Waals surface area contributed by atoms with Crippen LogP contribution in [0.4, 0.5) is 0 Å². The van der Waals surface area contributed by atoms with Crippen molar-refractivity contribution < 1.29 is 4.74 Å². The summed E-state index contributed by atoms with van der Waals surface area (Å²) >= 11 is -2.28. The SMILES string of the molecule is COc1ccc[c]([Bi]([Cl])[Cl])c1. The molecule has 0 spiro atoms. The zero-order valence-corrected chi connectivity index (χ0v) is 10.9. The summed E-state index contributed by atoms with van der Waals surface area (Å²) in [5, 5.41) is 0. The first-order valence-corrected chi connectivity index (χ1v) is 13.3. The van der Waals surface area contributed by atoms with Crippen molar-refractivity contribution in [3.8, 4) is 5.75 Å². The van der Waals surface area contributed by atoms with Crippen LogP contribution >= 0.6 is 17.0 Å². The van der Waals surface area contributed by atoms with Gasteiger partial charge in [0.2, 0.25) is 0 Å². The molecule has 0 aliphatic rings. The van der Waals surface area contributed by atoms with E-state index in [1.54, 1.807) is 7.11 Å². The van der Waals surface area contributed by atoms with Crippen molar-refractivity contribution >= 4 is 39.7 Å². The van der Waals surface area contributed by atoms with Crippen LogP contribution in [-0.2, 0) is 0 Å². The molecule has 0 bridgehead atoms. The molecule has 1 nitrogen and oxygen atoms in total. The van der Waals surface area contributed by atoms with Gasteiger partial charge in [-0.15, -0.1) is 0 Å². The Bertz CT molecular complexity index is 240. The number of benzene rings is 1. The summed E-state index contributed by atoms with van der Waals surface area (Å²) < 4.78 is 6.08. The molecule has 60 valence electrons. The number of halogens is 2. The molecule has 0 N–H and O–H groups in total. The third kappa shape index (κ3) is 2.78. The van der Waals surface area contributed by atoms with E-state index >= 15 is 0 Å². The number of rotatable bonds is 2. The second kappa shape index (κ2) is 4.49. The number of ether oxygens (including phenoxy) is 1. The van der Waals surface area contributed by atoms with E-state index in [4.69, 9.17) is 21.8 Å². The standard InChI is InChI=1S/C7H7O.Bi.2ClH/c1-8-7-5-3-2-4-6-7;;;/h2-3,5-6H,1H3;;2*1H/q;+2;;/p-2. The molecule has 0 aromatic heterocycles. The van der Waals surface area contributed by atoms with Crippen molar-refractivity contribution in [2.24, 2.45) is 0 Å². The van der Waals surface area contributed by atoms with Crippen LogP contribution < -0.4 is 8.01 Å². The fraction of sp³-hybridized carbons (Fsp3) is 0.143. The van der Waals surface area contributed by atoms with E-state index in [2.05, 4.69) is 0 Å². The Morgan fingerprint density at radius 2 is 2.09 bits per heavy atom. The van der Waals surface area contributed by atoms with Crippen LogP contribution in [0.5, 0.6) is 5.75 Å². The Morgan fingerprint density at radius 3 is 2.64 bits per heavy atom. The van der Waals surface area contributed by atoms with Gasteiger partial charge >= 0.3 is 81.5 Å². The first-order chi connectivity index (χ1) is 5.24. The minimum absolute atomic E-state index is 0.823. The van der Waals surface area contributed by atoms with Gasteiger partial charge in [-0.3, -0.25) is 0 Å². The van der Waals surface area contributed by atoms with Crippen LogP contribution in [-0.4, -0.2) is 26.5 Å². The number of hydrogen-bond donors (Lipinski definition) is 0. The Kier molecular flexibility index (Phi) is 3.91. The molecule has 1 aromatic carbocycles. The summed E-state index contributed by atoms with van der Waals surface area (Å²) in [6, 6.07) is 7.63. The molecule has 0 saturated carbocycles. The molecule has 11 heavy (non-hydrogen) atoms. The first kappa shape index (κ1) is 9.57. The molecular formula is C7H7BiCl2O. The van der Waals surface area contributed by atoms with Crippen molar-refractivity contribution in [2.45, 2.75) is 0 Å². The van der Waals surface area contributed by atoms with Crippen LogP contribution in [0.15, 0.2) is 24.3 Å². The normalized spacial score (nSPS) is 10.2. The quantitative estimate of drug-likeness (QED) is 0.705. The first-order valence-electron chi connectivity index (χ1n) is 3.00. The molecule has 0 aliphatic heterocycles. The van der Waals surface area contributed by atoms with E-state index in [0.29, 0.717) is 0 Å². The molecule has 0 aliphatic carbocycles. The van der Waals surface area contributed by atoms with Crippen LogP contribution in [0, 0.1) is 0 Å². The average Bonchev–Trinajstić information content (AvgIpc) is 2.05. The van der Waals surface area contributed by atoms with Crippen molar-refractivity contribution in [1.82, 2.24) is 0 Å². The van der Waals surface area contributed by atoms with Crippen LogP contribution in [0.3, 0.4) is 0 Å². The molecule has 0 fully saturated rings. The molecule has 1 aromatic rings. The topological polar surface area (TPSA) is 9.23 Å². The summed E-state index contributed by atoms with van der Waals surface area (Å²) in [7, 11) is 13.3. The Morgan fingerprint density at radius 1 is 1.36 bits per heavy atom. The van der Waals surface area contributed by atoms with Gasteiger partial charge in [-0.2, -0.15) is 0 Å². The Balaban J connectivity index is 2.91. The van der Waals surface area contributed by atoms with Gasteiger partial charge in [-0.05, 0) is 0 Å². The van der Waals surface area contributed by atoms with Gasteiger partial charge in [-0.25, -0.2) is 0 Å². The molecule has 0 amide bonds. The molecule has 4 heteroatoms. The Labute approximate surface area is 81.0 Å². The zero-order chi connectivity index (χ0) is 8.27. The maximum atomic E-state index is 5.85. The Hall–Kier alpha value is 0.483. The van der Waals surface area contributed by atoms with E-state index in [1.807, 2.05) is 24.3 Å². The molecule has 0 saturated heterocycles. The van der Waals surface area contributed by atoms with E-state index in [-0.39, 0.29) is 0 Å². The predicted octanol–water partition coefficient (Wildman–Crippen LogP) is 1.87. The summed E-state index contributed by atoms with van der Waals surface area (Å²) in [5.41, 5.74) is 0. The summed E-state index contributed by atoms with van der Waals surface area (Å²) in [5.74, 6) is 0.823. The van der Waals surface area contributed by atoms with Crippen molar-refractivity contribution in [2.75, 3.05) is 7.11 Å². The van der Waals surface area contributed by atoms with Gasteiger partial charge < -0.3 is 0 Å².